The molecule has 0 amide bonds. The van der Waals surface area contributed by atoms with Crippen molar-refractivity contribution in [1.29, 1.82) is 0 Å². The van der Waals surface area contributed by atoms with Gasteiger partial charge in [-0.15, -0.1) is 0 Å². The van der Waals surface area contributed by atoms with Crippen molar-refractivity contribution in [2.45, 2.75) is 35.8 Å². The van der Waals surface area contributed by atoms with E-state index in [-0.39, 0.29) is 16.0 Å². The molecule has 2 aliphatic carbocycles. The van der Waals surface area contributed by atoms with Crippen LogP contribution in [0.1, 0.15) is 25.7 Å². The minimum Gasteiger partial charge on any atom is -0.382 e. The van der Waals surface area contributed by atoms with Crippen LogP contribution >= 0.6 is 11.5 Å². The van der Waals surface area contributed by atoms with E-state index >= 15 is 0 Å². The number of aromatic nitrogens is 1. The van der Waals surface area contributed by atoms with Gasteiger partial charge in [-0.1, -0.05) is 0 Å². The zero-order chi connectivity index (χ0) is 14.2. The first-order valence-electron chi connectivity index (χ1n) is 6.89. The summed E-state index contributed by atoms with van der Waals surface area (Å²) in [5.41, 5.74) is 5.72. The van der Waals surface area contributed by atoms with Crippen molar-refractivity contribution >= 4 is 32.2 Å². The van der Waals surface area contributed by atoms with Crippen LogP contribution in [0.15, 0.2) is 4.90 Å². The van der Waals surface area contributed by atoms with E-state index in [0.717, 1.165) is 36.9 Å². The highest BCUT2D eigenvalue weighted by atomic mass is 32.2. The molecule has 3 N–H and O–H groups in total. The number of nitrogen functional groups attached to an aromatic ring is 1. The minimum absolute atomic E-state index is 0.114. The van der Waals surface area contributed by atoms with E-state index in [1.54, 1.807) is 0 Å². The number of hydrogen-bond donors (Lipinski definition) is 2. The Morgan fingerprint density at radius 3 is 2.75 bits per heavy atom. The van der Waals surface area contributed by atoms with Gasteiger partial charge < -0.3 is 15.8 Å². The van der Waals surface area contributed by atoms with Crippen molar-refractivity contribution in [3.05, 3.63) is 0 Å². The molecule has 112 valence electrons. The van der Waals surface area contributed by atoms with E-state index in [0.29, 0.717) is 18.2 Å². The third-order valence-electron chi connectivity index (χ3n) is 3.50. The van der Waals surface area contributed by atoms with Gasteiger partial charge in [-0.05, 0) is 43.1 Å². The summed E-state index contributed by atoms with van der Waals surface area (Å²) in [4.78, 5) is 0.187. The SMILES string of the molecule is Nc1nsc(NCCOCC2CC2)c1S(=O)(=O)C1CC1. The van der Waals surface area contributed by atoms with Gasteiger partial charge in [0.15, 0.2) is 15.7 Å². The second-order valence-electron chi connectivity index (χ2n) is 5.42. The van der Waals surface area contributed by atoms with Crippen molar-refractivity contribution in [3.8, 4) is 0 Å². The van der Waals surface area contributed by atoms with Gasteiger partial charge in [0.05, 0.1) is 11.9 Å². The Morgan fingerprint density at radius 1 is 1.35 bits per heavy atom. The molecule has 1 heterocycles. The summed E-state index contributed by atoms with van der Waals surface area (Å²) < 4.78 is 34.1. The molecule has 0 aliphatic heterocycles. The summed E-state index contributed by atoms with van der Waals surface area (Å²) in [7, 11) is -3.31. The molecular formula is C12H19N3O3S2. The Labute approximate surface area is 122 Å². The number of hydrogen-bond acceptors (Lipinski definition) is 7. The van der Waals surface area contributed by atoms with E-state index in [9.17, 15) is 8.42 Å². The molecule has 0 radical (unpaired) electrons. The summed E-state index contributed by atoms with van der Waals surface area (Å²) in [5, 5.41) is 3.36. The lowest BCUT2D eigenvalue weighted by molar-refractivity contribution is 0.134. The lowest BCUT2D eigenvalue weighted by atomic mass is 10.5. The van der Waals surface area contributed by atoms with Gasteiger partial charge in [-0.25, -0.2) is 8.42 Å². The molecule has 2 fully saturated rings. The van der Waals surface area contributed by atoms with Crippen molar-refractivity contribution in [1.82, 2.24) is 4.37 Å². The Bertz CT molecular complexity index is 577. The van der Waals surface area contributed by atoms with Gasteiger partial charge >= 0.3 is 0 Å². The first-order chi connectivity index (χ1) is 9.59. The summed E-state index contributed by atoms with van der Waals surface area (Å²) in [5.74, 6) is 0.850. The van der Waals surface area contributed by atoms with Crippen LogP contribution < -0.4 is 11.1 Å². The molecule has 0 aromatic carbocycles. The van der Waals surface area contributed by atoms with Crippen LogP contribution in [0.25, 0.3) is 0 Å². The molecule has 2 aliphatic rings. The zero-order valence-corrected chi connectivity index (χ0v) is 12.8. The molecule has 0 spiro atoms. The summed E-state index contributed by atoms with van der Waals surface area (Å²) in [6.07, 6.45) is 3.98. The van der Waals surface area contributed by atoms with Gasteiger partial charge in [0.1, 0.15) is 9.90 Å². The van der Waals surface area contributed by atoms with E-state index in [1.165, 1.54) is 12.8 Å². The maximum absolute atomic E-state index is 12.3. The maximum atomic E-state index is 12.3. The topological polar surface area (TPSA) is 94.3 Å². The van der Waals surface area contributed by atoms with Gasteiger partial charge in [0.2, 0.25) is 0 Å². The molecule has 0 bridgehead atoms. The average molecular weight is 317 g/mol. The maximum Gasteiger partial charge on any atom is 0.187 e. The van der Waals surface area contributed by atoms with Crippen LogP contribution in [0.5, 0.6) is 0 Å². The zero-order valence-electron chi connectivity index (χ0n) is 11.2. The predicted octanol–water partition coefficient (Wildman–Crippen LogP) is 1.50. The Morgan fingerprint density at radius 2 is 2.10 bits per heavy atom. The fraction of sp³-hybridized carbons (Fsp3) is 0.750. The minimum atomic E-state index is -3.31. The van der Waals surface area contributed by atoms with E-state index in [2.05, 4.69) is 9.69 Å². The number of sulfone groups is 1. The molecule has 6 nitrogen and oxygen atoms in total. The van der Waals surface area contributed by atoms with Crippen LogP contribution in [-0.2, 0) is 14.6 Å². The van der Waals surface area contributed by atoms with Crippen LogP contribution in [0.4, 0.5) is 10.8 Å². The molecule has 8 heteroatoms. The largest absolute Gasteiger partial charge is 0.382 e. The second kappa shape index (κ2) is 5.50. The van der Waals surface area contributed by atoms with Gasteiger partial charge in [0, 0.05) is 13.2 Å². The lowest BCUT2D eigenvalue weighted by Crippen LogP contribution is -2.14. The molecule has 1 aromatic rings. The predicted molar refractivity (Wildman–Crippen MR) is 78.8 cm³/mol. The molecule has 3 rings (SSSR count). The number of nitrogens with one attached hydrogen (secondary N) is 1. The van der Waals surface area contributed by atoms with Gasteiger partial charge in [-0.3, -0.25) is 0 Å². The molecule has 2 saturated carbocycles. The van der Waals surface area contributed by atoms with Crippen LogP contribution in [0, 0.1) is 5.92 Å². The normalized spacial score (nSPS) is 19.2. The Hall–Kier alpha value is -0.860. The number of rotatable bonds is 8. The lowest BCUT2D eigenvalue weighted by Gasteiger charge is -2.08. The van der Waals surface area contributed by atoms with Crippen molar-refractivity contribution < 1.29 is 13.2 Å². The molecule has 0 saturated heterocycles. The first-order valence-corrected chi connectivity index (χ1v) is 9.21. The third kappa shape index (κ3) is 3.07. The smallest absolute Gasteiger partial charge is 0.187 e. The number of nitrogens with zero attached hydrogens (tertiary/aromatic N) is 1. The number of anilines is 2. The summed E-state index contributed by atoms with van der Waals surface area (Å²) >= 11 is 1.10. The summed E-state index contributed by atoms with van der Waals surface area (Å²) in [6, 6.07) is 0. The Balaban J connectivity index is 1.58. The van der Waals surface area contributed by atoms with E-state index in [1.807, 2.05) is 0 Å². The van der Waals surface area contributed by atoms with Crippen LogP contribution in [0.2, 0.25) is 0 Å². The van der Waals surface area contributed by atoms with Crippen LogP contribution in [0.3, 0.4) is 0 Å². The van der Waals surface area contributed by atoms with Crippen molar-refractivity contribution in [2.24, 2.45) is 5.92 Å². The monoisotopic (exact) mass is 317 g/mol. The highest BCUT2D eigenvalue weighted by Crippen LogP contribution is 2.40. The first kappa shape index (κ1) is 14.1. The second-order valence-corrected chi connectivity index (χ2v) is 8.35. The molecule has 0 unspecified atom stereocenters. The third-order valence-corrected chi connectivity index (χ3v) is 6.78. The standard InChI is InChI=1S/C12H19N3O3S2/c13-11-10(20(16,17)9-3-4-9)12(19-15-11)14-5-6-18-7-8-1-2-8/h8-9,14H,1-7H2,(H2,13,15). The fourth-order valence-electron chi connectivity index (χ4n) is 2.00. The van der Waals surface area contributed by atoms with Crippen molar-refractivity contribution in [3.63, 3.8) is 0 Å². The van der Waals surface area contributed by atoms with E-state index < -0.39 is 9.84 Å². The fourth-order valence-corrected chi connectivity index (χ4v) is 4.91. The highest BCUT2D eigenvalue weighted by molar-refractivity contribution is 7.92. The van der Waals surface area contributed by atoms with Gasteiger partial charge in [-0.2, -0.15) is 4.37 Å². The quantitative estimate of drug-likeness (QED) is 0.706. The van der Waals surface area contributed by atoms with Crippen LogP contribution in [-0.4, -0.2) is 37.8 Å². The molecule has 20 heavy (non-hydrogen) atoms. The highest BCUT2D eigenvalue weighted by Gasteiger charge is 2.40. The molecular weight excluding hydrogens is 298 g/mol. The Kier molecular flexibility index (Phi) is 3.87. The number of ether oxygens (including phenoxy) is 1. The number of nitrogens with two attached hydrogens (primary N) is 1. The average Bonchev–Trinajstić information content (AvgIpc) is 3.27. The molecule has 1 aromatic heterocycles. The van der Waals surface area contributed by atoms with E-state index in [4.69, 9.17) is 10.5 Å². The molecule has 0 atom stereocenters. The summed E-state index contributed by atoms with van der Waals surface area (Å²) in [6.45, 7) is 1.94. The van der Waals surface area contributed by atoms with Crippen molar-refractivity contribution in [2.75, 3.05) is 30.8 Å². The van der Waals surface area contributed by atoms with Gasteiger partial charge in [0.25, 0.3) is 0 Å².